The van der Waals surface area contributed by atoms with Crippen LogP contribution in [0.3, 0.4) is 0 Å². The van der Waals surface area contributed by atoms with Crippen LogP contribution in [0.1, 0.15) is 22.3 Å². The van der Waals surface area contributed by atoms with Crippen molar-refractivity contribution in [2.24, 2.45) is 0 Å². The lowest BCUT2D eigenvalue weighted by Crippen LogP contribution is -2.06. The summed E-state index contributed by atoms with van der Waals surface area (Å²) in [5.41, 5.74) is 9.26. The van der Waals surface area contributed by atoms with Gasteiger partial charge in [-0.15, -0.1) is 0 Å². The number of benzene rings is 1. The van der Waals surface area contributed by atoms with Crippen LogP contribution in [0.25, 0.3) is 16.7 Å². The predicted molar refractivity (Wildman–Crippen MR) is 93.7 cm³/mol. The van der Waals surface area contributed by atoms with E-state index in [0.29, 0.717) is 38.0 Å². The van der Waals surface area contributed by atoms with Crippen LogP contribution in [-0.2, 0) is 0 Å². The number of hydrogen-bond acceptors (Lipinski definition) is 4. The number of nitrogen functional groups attached to an aromatic ring is 1. The highest BCUT2D eigenvalue weighted by Crippen LogP contribution is 2.37. The molecule has 3 N–H and O–H groups in total. The van der Waals surface area contributed by atoms with E-state index >= 15 is 0 Å². The molecule has 0 fully saturated rings. The number of phenolic OH excluding ortho intramolecular Hbond substituents is 1. The molecular formula is C17H14BrFN4O. The number of aryl methyl sites for hydroxylation is 2. The van der Waals surface area contributed by atoms with Crippen LogP contribution in [0, 0.1) is 37.9 Å². The van der Waals surface area contributed by atoms with E-state index in [4.69, 9.17) is 5.73 Å². The van der Waals surface area contributed by atoms with Crippen molar-refractivity contribution in [1.82, 2.24) is 9.55 Å². The number of pyridine rings is 1. The summed E-state index contributed by atoms with van der Waals surface area (Å²) in [5.74, 6) is -0.939. The van der Waals surface area contributed by atoms with Crippen LogP contribution >= 0.6 is 15.9 Å². The van der Waals surface area contributed by atoms with Crippen molar-refractivity contribution in [2.75, 3.05) is 5.73 Å². The molecule has 0 unspecified atom stereocenters. The van der Waals surface area contributed by atoms with Gasteiger partial charge in [0.05, 0.1) is 5.69 Å². The summed E-state index contributed by atoms with van der Waals surface area (Å²) in [6.45, 7) is 5.18. The molecule has 2 aromatic heterocycles. The standard InChI is InChI=1S/C17H14BrFN4O/c1-7-5-12(19)14(24)9(3)13(7)23-16(21)11(6-20)10-4-8(2)15(18)22-17(10)23/h4-5,24H,21H2,1-3H3. The summed E-state index contributed by atoms with van der Waals surface area (Å²) in [6.07, 6.45) is 0. The van der Waals surface area contributed by atoms with Crippen molar-refractivity contribution in [3.8, 4) is 17.5 Å². The minimum atomic E-state index is -0.700. The van der Waals surface area contributed by atoms with Gasteiger partial charge in [0.1, 0.15) is 27.7 Å². The van der Waals surface area contributed by atoms with E-state index in [9.17, 15) is 14.8 Å². The summed E-state index contributed by atoms with van der Waals surface area (Å²) >= 11 is 3.38. The number of aromatic nitrogens is 2. The smallest absolute Gasteiger partial charge is 0.165 e. The molecule has 0 bridgehead atoms. The quantitative estimate of drug-likeness (QED) is 0.616. The van der Waals surface area contributed by atoms with Gasteiger partial charge < -0.3 is 10.8 Å². The molecule has 0 saturated carbocycles. The van der Waals surface area contributed by atoms with E-state index in [2.05, 4.69) is 27.0 Å². The van der Waals surface area contributed by atoms with Crippen LogP contribution in [0.5, 0.6) is 5.75 Å². The Morgan fingerprint density at radius 2 is 1.96 bits per heavy atom. The maximum atomic E-state index is 13.8. The molecule has 3 aromatic rings. The number of fused-ring (bicyclic) bond motifs is 1. The predicted octanol–water partition coefficient (Wildman–Crippen LogP) is 4.01. The molecule has 3 rings (SSSR count). The summed E-state index contributed by atoms with van der Waals surface area (Å²) in [5, 5.41) is 20.1. The second kappa shape index (κ2) is 5.49. The Labute approximate surface area is 146 Å². The van der Waals surface area contributed by atoms with Gasteiger partial charge in [0.2, 0.25) is 0 Å². The number of hydrogen-bond donors (Lipinski definition) is 2. The van der Waals surface area contributed by atoms with Crippen molar-refractivity contribution in [1.29, 1.82) is 5.26 Å². The number of halogens is 2. The van der Waals surface area contributed by atoms with E-state index in [1.54, 1.807) is 18.4 Å². The number of rotatable bonds is 1. The lowest BCUT2D eigenvalue weighted by Gasteiger charge is -2.16. The molecule has 0 aliphatic carbocycles. The van der Waals surface area contributed by atoms with Gasteiger partial charge in [0, 0.05) is 10.9 Å². The molecule has 0 atom stereocenters. The van der Waals surface area contributed by atoms with Crippen LogP contribution < -0.4 is 5.73 Å². The molecule has 0 radical (unpaired) electrons. The zero-order chi connectivity index (χ0) is 17.8. The molecule has 0 aliphatic rings. The number of aromatic hydroxyl groups is 1. The highest BCUT2D eigenvalue weighted by molar-refractivity contribution is 9.10. The van der Waals surface area contributed by atoms with Gasteiger partial charge in [-0.25, -0.2) is 9.37 Å². The van der Waals surface area contributed by atoms with E-state index in [-0.39, 0.29) is 5.82 Å². The van der Waals surface area contributed by atoms with Gasteiger partial charge >= 0.3 is 0 Å². The first-order valence-electron chi connectivity index (χ1n) is 7.14. The number of nitrogens with zero attached hydrogens (tertiary/aromatic N) is 3. The average Bonchev–Trinajstić information content (AvgIpc) is 2.77. The Bertz CT molecular complexity index is 1050. The first-order valence-corrected chi connectivity index (χ1v) is 7.93. The minimum absolute atomic E-state index is 0.203. The molecule has 0 amide bonds. The maximum absolute atomic E-state index is 13.8. The Kier molecular flexibility index (Phi) is 3.73. The number of anilines is 1. The average molecular weight is 389 g/mol. The monoisotopic (exact) mass is 388 g/mol. The van der Waals surface area contributed by atoms with E-state index in [1.807, 2.05) is 13.0 Å². The van der Waals surface area contributed by atoms with Crippen molar-refractivity contribution in [3.05, 3.63) is 44.8 Å². The summed E-state index contributed by atoms with van der Waals surface area (Å²) in [7, 11) is 0. The molecule has 5 nitrogen and oxygen atoms in total. The maximum Gasteiger partial charge on any atom is 0.165 e. The largest absolute Gasteiger partial charge is 0.505 e. The third kappa shape index (κ3) is 2.14. The molecule has 7 heteroatoms. The van der Waals surface area contributed by atoms with Gasteiger partial charge in [0.25, 0.3) is 0 Å². The summed E-state index contributed by atoms with van der Waals surface area (Å²) in [4.78, 5) is 4.49. The number of nitriles is 1. The topological polar surface area (TPSA) is 87.9 Å². The zero-order valence-corrected chi connectivity index (χ0v) is 14.9. The normalized spacial score (nSPS) is 11.0. The van der Waals surface area contributed by atoms with Crippen LogP contribution in [0.2, 0.25) is 0 Å². The molecule has 1 aromatic carbocycles. The third-order valence-electron chi connectivity index (χ3n) is 4.10. The highest BCUT2D eigenvalue weighted by atomic mass is 79.9. The Morgan fingerprint density at radius 3 is 2.58 bits per heavy atom. The van der Waals surface area contributed by atoms with Gasteiger partial charge in [-0.2, -0.15) is 5.26 Å². The van der Waals surface area contributed by atoms with E-state index in [1.165, 1.54) is 6.07 Å². The van der Waals surface area contributed by atoms with Gasteiger partial charge in [-0.1, -0.05) is 0 Å². The van der Waals surface area contributed by atoms with Crippen LogP contribution in [0.15, 0.2) is 16.7 Å². The van der Waals surface area contributed by atoms with Gasteiger partial charge in [-0.3, -0.25) is 4.57 Å². The molecule has 0 aliphatic heterocycles. The summed E-state index contributed by atoms with van der Waals surface area (Å²) in [6, 6.07) is 5.16. The van der Waals surface area contributed by atoms with Crippen molar-refractivity contribution in [3.63, 3.8) is 0 Å². The van der Waals surface area contributed by atoms with Crippen LogP contribution in [0.4, 0.5) is 10.2 Å². The third-order valence-corrected chi connectivity index (χ3v) is 4.90. The fraction of sp³-hybridized carbons (Fsp3) is 0.176. The Hall–Kier alpha value is -2.59. The fourth-order valence-corrected chi connectivity index (χ4v) is 3.18. The van der Waals surface area contributed by atoms with Gasteiger partial charge in [-0.05, 0) is 60.0 Å². The summed E-state index contributed by atoms with van der Waals surface area (Å²) < 4.78 is 16.0. The number of phenols is 1. The van der Waals surface area contributed by atoms with E-state index < -0.39 is 11.6 Å². The highest BCUT2D eigenvalue weighted by Gasteiger charge is 2.23. The Balaban J connectivity index is 2.54. The zero-order valence-electron chi connectivity index (χ0n) is 13.3. The van der Waals surface area contributed by atoms with Gasteiger partial charge in [0.15, 0.2) is 11.6 Å². The second-order valence-corrected chi connectivity index (χ2v) is 6.42. The molecule has 0 saturated heterocycles. The molecule has 24 heavy (non-hydrogen) atoms. The SMILES string of the molecule is Cc1cc2c(C#N)c(N)n(-c3c(C)cc(F)c(O)c3C)c2nc1Br. The molecule has 0 spiro atoms. The molecule has 122 valence electrons. The lowest BCUT2D eigenvalue weighted by molar-refractivity contribution is 0.428. The van der Waals surface area contributed by atoms with Crippen molar-refractivity contribution in [2.45, 2.75) is 20.8 Å². The van der Waals surface area contributed by atoms with Crippen molar-refractivity contribution < 1.29 is 9.50 Å². The lowest BCUT2D eigenvalue weighted by atomic mass is 10.1. The first-order chi connectivity index (χ1) is 11.3. The number of nitrogens with two attached hydrogens (primary N) is 1. The minimum Gasteiger partial charge on any atom is -0.505 e. The first kappa shape index (κ1) is 16.3. The fourth-order valence-electron chi connectivity index (χ4n) is 2.90. The molecular weight excluding hydrogens is 375 g/mol. The van der Waals surface area contributed by atoms with Crippen LogP contribution in [-0.4, -0.2) is 14.7 Å². The molecule has 2 heterocycles. The van der Waals surface area contributed by atoms with E-state index in [0.717, 1.165) is 5.56 Å². The Morgan fingerprint density at radius 1 is 1.29 bits per heavy atom. The second-order valence-electron chi connectivity index (χ2n) is 5.67. The van der Waals surface area contributed by atoms with Crippen molar-refractivity contribution >= 4 is 32.8 Å².